The molecule has 2 aromatic carbocycles. The summed E-state index contributed by atoms with van der Waals surface area (Å²) < 4.78 is 7.06. The lowest BCUT2D eigenvalue weighted by atomic mass is 9.99. The zero-order valence-corrected chi connectivity index (χ0v) is 14.0. The Morgan fingerprint density at radius 3 is 2.86 bits per heavy atom. The molecule has 1 atom stereocenters. The minimum absolute atomic E-state index is 0.302. The van der Waals surface area contributed by atoms with Gasteiger partial charge in [-0.05, 0) is 56.0 Å². The van der Waals surface area contributed by atoms with E-state index in [1.807, 2.05) is 0 Å². The van der Waals surface area contributed by atoms with E-state index in [2.05, 4.69) is 71.5 Å². The van der Waals surface area contributed by atoms with Gasteiger partial charge in [-0.3, -0.25) is 0 Å². The van der Waals surface area contributed by atoms with Crippen LogP contribution in [0.4, 0.5) is 5.69 Å². The van der Waals surface area contributed by atoms with E-state index in [-0.39, 0.29) is 0 Å². The molecule has 0 saturated heterocycles. The Bertz CT molecular complexity index is 633. The van der Waals surface area contributed by atoms with Crippen LogP contribution in [0.1, 0.15) is 35.6 Å². The fraction of sp³-hybridized carbons (Fsp3) is 0.333. The van der Waals surface area contributed by atoms with E-state index in [0.717, 1.165) is 35.4 Å². The molecule has 0 spiro atoms. The molecule has 0 saturated carbocycles. The van der Waals surface area contributed by atoms with Crippen LogP contribution in [0.25, 0.3) is 0 Å². The van der Waals surface area contributed by atoms with Crippen molar-refractivity contribution in [2.45, 2.75) is 32.7 Å². The van der Waals surface area contributed by atoms with E-state index in [1.54, 1.807) is 0 Å². The lowest BCUT2D eigenvalue weighted by Gasteiger charge is -2.21. The molecule has 0 amide bonds. The van der Waals surface area contributed by atoms with E-state index in [1.165, 1.54) is 16.7 Å². The first-order chi connectivity index (χ1) is 10.1. The van der Waals surface area contributed by atoms with Crippen molar-refractivity contribution < 1.29 is 4.74 Å². The summed E-state index contributed by atoms with van der Waals surface area (Å²) in [5, 5.41) is 3.68. The molecule has 110 valence electrons. The molecule has 1 N–H and O–H groups in total. The van der Waals surface area contributed by atoms with Gasteiger partial charge in [0.1, 0.15) is 5.75 Å². The maximum absolute atomic E-state index is 5.95. The average molecular weight is 346 g/mol. The van der Waals surface area contributed by atoms with Crippen molar-refractivity contribution in [2.75, 3.05) is 11.9 Å². The molecule has 0 radical (unpaired) electrons. The first kappa shape index (κ1) is 14.5. The van der Waals surface area contributed by atoms with Gasteiger partial charge in [-0.15, -0.1) is 0 Å². The zero-order chi connectivity index (χ0) is 14.8. The molecule has 0 aromatic heterocycles. The van der Waals surface area contributed by atoms with Crippen LogP contribution < -0.4 is 10.1 Å². The molecule has 2 aromatic rings. The predicted molar refractivity (Wildman–Crippen MR) is 91.2 cm³/mol. The number of aryl methyl sites for hydroxylation is 2. The quantitative estimate of drug-likeness (QED) is 0.787. The summed E-state index contributed by atoms with van der Waals surface area (Å²) in [6.45, 7) is 5.03. The van der Waals surface area contributed by atoms with Gasteiger partial charge in [0.25, 0.3) is 0 Å². The normalized spacial score (nSPS) is 17.6. The van der Waals surface area contributed by atoms with Crippen LogP contribution in [-0.4, -0.2) is 6.61 Å². The summed E-state index contributed by atoms with van der Waals surface area (Å²) in [4.78, 5) is 0. The molecule has 1 aliphatic rings. The third-order valence-electron chi connectivity index (χ3n) is 3.88. The lowest BCUT2D eigenvalue weighted by Crippen LogP contribution is -2.10. The van der Waals surface area contributed by atoms with Crippen LogP contribution >= 0.6 is 15.9 Å². The highest BCUT2D eigenvalue weighted by atomic mass is 79.9. The molecule has 2 nitrogen and oxygen atoms in total. The number of hydrogen-bond donors (Lipinski definition) is 1. The fourth-order valence-corrected chi connectivity index (χ4v) is 3.54. The second-order valence-corrected chi connectivity index (χ2v) is 6.61. The third-order valence-corrected chi connectivity index (χ3v) is 4.34. The zero-order valence-electron chi connectivity index (χ0n) is 12.4. The van der Waals surface area contributed by atoms with Crippen molar-refractivity contribution in [2.24, 2.45) is 0 Å². The molecule has 0 fully saturated rings. The molecule has 0 bridgehead atoms. The molecule has 3 rings (SSSR count). The largest absolute Gasteiger partial charge is 0.493 e. The van der Waals surface area contributed by atoms with Crippen molar-refractivity contribution in [3.63, 3.8) is 0 Å². The molecule has 3 heteroatoms. The van der Waals surface area contributed by atoms with E-state index in [9.17, 15) is 0 Å². The van der Waals surface area contributed by atoms with E-state index >= 15 is 0 Å². The standard InChI is InChI=1S/C18H20BrNO/c1-12-9-14(19)11-15(10-12)20-17-7-4-8-21-18-13(2)5-3-6-16(17)18/h3,5-6,9-11,17,20H,4,7-8H2,1-2H3. The van der Waals surface area contributed by atoms with E-state index in [4.69, 9.17) is 4.74 Å². The highest BCUT2D eigenvalue weighted by Crippen LogP contribution is 2.36. The minimum Gasteiger partial charge on any atom is -0.493 e. The summed E-state index contributed by atoms with van der Waals surface area (Å²) >= 11 is 3.57. The van der Waals surface area contributed by atoms with E-state index in [0.29, 0.717) is 6.04 Å². The Labute approximate surface area is 134 Å². The molecular weight excluding hydrogens is 326 g/mol. The van der Waals surface area contributed by atoms with Gasteiger partial charge < -0.3 is 10.1 Å². The van der Waals surface area contributed by atoms with Crippen LogP contribution in [0, 0.1) is 13.8 Å². The third kappa shape index (κ3) is 3.24. The van der Waals surface area contributed by atoms with Crippen LogP contribution in [0.2, 0.25) is 0 Å². The number of hydrogen-bond acceptors (Lipinski definition) is 2. The second kappa shape index (κ2) is 6.10. The highest BCUT2D eigenvalue weighted by Gasteiger charge is 2.20. The maximum Gasteiger partial charge on any atom is 0.127 e. The van der Waals surface area contributed by atoms with Crippen molar-refractivity contribution >= 4 is 21.6 Å². The number of benzene rings is 2. The van der Waals surface area contributed by atoms with Gasteiger partial charge in [-0.1, -0.05) is 34.1 Å². The molecule has 21 heavy (non-hydrogen) atoms. The molecule has 1 unspecified atom stereocenters. The smallest absolute Gasteiger partial charge is 0.127 e. The number of ether oxygens (including phenoxy) is 1. The minimum atomic E-state index is 0.302. The number of anilines is 1. The van der Waals surface area contributed by atoms with E-state index < -0.39 is 0 Å². The van der Waals surface area contributed by atoms with Gasteiger partial charge in [-0.25, -0.2) is 0 Å². The summed E-state index contributed by atoms with van der Waals surface area (Å²) in [5.74, 6) is 1.05. The molecule has 0 aliphatic carbocycles. The molecule has 1 aliphatic heterocycles. The second-order valence-electron chi connectivity index (χ2n) is 5.70. The fourth-order valence-electron chi connectivity index (χ4n) is 2.93. The Balaban J connectivity index is 1.94. The average Bonchev–Trinajstić information content (AvgIpc) is 2.62. The Kier molecular flexibility index (Phi) is 4.20. The Hall–Kier alpha value is -1.48. The highest BCUT2D eigenvalue weighted by molar-refractivity contribution is 9.10. The van der Waals surface area contributed by atoms with Gasteiger partial charge in [-0.2, -0.15) is 0 Å². The Morgan fingerprint density at radius 2 is 2.05 bits per heavy atom. The Morgan fingerprint density at radius 1 is 1.19 bits per heavy atom. The summed E-state index contributed by atoms with van der Waals surface area (Å²) in [6.07, 6.45) is 2.15. The predicted octanol–water partition coefficient (Wildman–Crippen LogP) is 5.39. The number of para-hydroxylation sites is 1. The summed E-state index contributed by atoms with van der Waals surface area (Å²) in [6, 6.07) is 13.2. The number of halogens is 1. The number of rotatable bonds is 2. The first-order valence-corrected chi connectivity index (χ1v) is 8.19. The van der Waals surface area contributed by atoms with Crippen molar-refractivity contribution in [3.8, 4) is 5.75 Å². The van der Waals surface area contributed by atoms with Gasteiger partial charge in [0.15, 0.2) is 0 Å². The first-order valence-electron chi connectivity index (χ1n) is 7.39. The topological polar surface area (TPSA) is 21.3 Å². The summed E-state index contributed by atoms with van der Waals surface area (Å²) in [7, 11) is 0. The van der Waals surface area contributed by atoms with Crippen LogP contribution in [0.15, 0.2) is 40.9 Å². The van der Waals surface area contributed by atoms with Crippen molar-refractivity contribution in [1.29, 1.82) is 0 Å². The lowest BCUT2D eigenvalue weighted by molar-refractivity contribution is 0.314. The monoisotopic (exact) mass is 345 g/mol. The maximum atomic E-state index is 5.95. The van der Waals surface area contributed by atoms with Gasteiger partial charge in [0, 0.05) is 15.7 Å². The number of nitrogens with one attached hydrogen (secondary N) is 1. The van der Waals surface area contributed by atoms with Gasteiger partial charge in [0.05, 0.1) is 12.6 Å². The number of fused-ring (bicyclic) bond motifs is 1. The van der Waals surface area contributed by atoms with Crippen LogP contribution in [0.3, 0.4) is 0 Å². The SMILES string of the molecule is Cc1cc(Br)cc(NC2CCCOc3c(C)cccc32)c1. The van der Waals surface area contributed by atoms with Gasteiger partial charge >= 0.3 is 0 Å². The molecule has 1 heterocycles. The summed E-state index contributed by atoms with van der Waals surface area (Å²) in [5.41, 5.74) is 4.89. The van der Waals surface area contributed by atoms with Crippen LogP contribution in [-0.2, 0) is 0 Å². The van der Waals surface area contributed by atoms with Crippen molar-refractivity contribution in [1.82, 2.24) is 0 Å². The van der Waals surface area contributed by atoms with Crippen molar-refractivity contribution in [3.05, 3.63) is 57.6 Å². The molecular formula is C18H20BrNO. The van der Waals surface area contributed by atoms with Gasteiger partial charge in [0.2, 0.25) is 0 Å². The van der Waals surface area contributed by atoms with Crippen LogP contribution in [0.5, 0.6) is 5.75 Å².